The zero-order valence-electron chi connectivity index (χ0n) is 14.2. The molecular formula is C17H16N6O2S. The number of rotatable bonds is 5. The molecule has 0 fully saturated rings. The van der Waals surface area contributed by atoms with Gasteiger partial charge in [0.1, 0.15) is 11.7 Å². The Kier molecular flexibility index (Phi) is 4.21. The number of nitrogens with zero attached hydrogens (tertiary/aromatic N) is 4. The minimum Gasteiger partial charge on any atom is -0.356 e. The van der Waals surface area contributed by atoms with E-state index in [4.69, 9.17) is 4.52 Å². The molecule has 26 heavy (non-hydrogen) atoms. The number of nitrogens with one attached hydrogen (secondary N) is 2. The second kappa shape index (κ2) is 6.68. The van der Waals surface area contributed by atoms with Crippen molar-refractivity contribution < 1.29 is 4.52 Å². The highest BCUT2D eigenvalue weighted by Gasteiger charge is 2.20. The van der Waals surface area contributed by atoms with E-state index in [0.29, 0.717) is 35.0 Å². The monoisotopic (exact) mass is 368 g/mol. The molecule has 1 atom stereocenters. The van der Waals surface area contributed by atoms with Crippen molar-refractivity contribution in [2.45, 2.75) is 26.3 Å². The zero-order chi connectivity index (χ0) is 18.1. The van der Waals surface area contributed by atoms with Gasteiger partial charge in [-0.2, -0.15) is 10.1 Å². The first-order valence-corrected chi connectivity index (χ1v) is 9.03. The standard InChI is InChI=1S/C17H16N6O2S/c1-3-12(17-20-15(23-25-17)13-8-26-9(2)18-13)19-14-10-6-4-5-7-11(10)16(24)22-21-14/h4-8,12H,3H2,1-2H3,(H,19,21)(H,22,24). The lowest BCUT2D eigenvalue weighted by Gasteiger charge is -2.14. The molecule has 0 aliphatic heterocycles. The lowest BCUT2D eigenvalue weighted by molar-refractivity contribution is 0.359. The van der Waals surface area contributed by atoms with Gasteiger partial charge in [-0.1, -0.05) is 30.3 Å². The second-order valence-electron chi connectivity index (χ2n) is 5.76. The molecule has 132 valence electrons. The van der Waals surface area contributed by atoms with Gasteiger partial charge in [0.15, 0.2) is 5.82 Å². The normalized spacial score (nSPS) is 12.4. The van der Waals surface area contributed by atoms with Crippen molar-refractivity contribution >= 4 is 27.9 Å². The summed E-state index contributed by atoms with van der Waals surface area (Å²) in [4.78, 5) is 20.8. The van der Waals surface area contributed by atoms with Gasteiger partial charge in [-0.3, -0.25) is 4.79 Å². The molecule has 1 aromatic carbocycles. The molecule has 0 aliphatic rings. The van der Waals surface area contributed by atoms with E-state index in [0.717, 1.165) is 10.4 Å². The van der Waals surface area contributed by atoms with Crippen molar-refractivity contribution in [3.63, 3.8) is 0 Å². The highest BCUT2D eigenvalue weighted by atomic mass is 32.1. The predicted molar refractivity (Wildman–Crippen MR) is 99.2 cm³/mol. The van der Waals surface area contributed by atoms with Crippen LogP contribution in [0, 0.1) is 6.92 Å². The fourth-order valence-electron chi connectivity index (χ4n) is 2.68. The molecular weight excluding hydrogens is 352 g/mol. The number of thiazole rings is 1. The summed E-state index contributed by atoms with van der Waals surface area (Å²) >= 11 is 1.54. The van der Waals surface area contributed by atoms with E-state index in [-0.39, 0.29) is 11.6 Å². The van der Waals surface area contributed by atoms with E-state index in [1.165, 1.54) is 11.3 Å². The van der Waals surface area contributed by atoms with Crippen molar-refractivity contribution in [2.24, 2.45) is 0 Å². The number of benzene rings is 1. The van der Waals surface area contributed by atoms with Crippen molar-refractivity contribution in [2.75, 3.05) is 5.32 Å². The minimum atomic E-state index is -0.238. The van der Waals surface area contributed by atoms with Gasteiger partial charge in [-0.15, -0.1) is 11.3 Å². The highest BCUT2D eigenvalue weighted by molar-refractivity contribution is 7.09. The molecule has 0 amide bonds. The van der Waals surface area contributed by atoms with Crippen molar-refractivity contribution in [1.82, 2.24) is 25.3 Å². The lowest BCUT2D eigenvalue weighted by Crippen LogP contribution is -2.16. The molecule has 8 nitrogen and oxygen atoms in total. The zero-order valence-corrected chi connectivity index (χ0v) is 15.0. The van der Waals surface area contributed by atoms with Crippen LogP contribution in [0.25, 0.3) is 22.3 Å². The van der Waals surface area contributed by atoms with Gasteiger partial charge in [0.25, 0.3) is 5.56 Å². The smallest absolute Gasteiger partial charge is 0.272 e. The summed E-state index contributed by atoms with van der Waals surface area (Å²) in [7, 11) is 0. The number of H-pyrrole nitrogens is 1. The van der Waals surface area contributed by atoms with E-state index in [2.05, 4.69) is 30.6 Å². The van der Waals surface area contributed by atoms with Crippen LogP contribution in [0.5, 0.6) is 0 Å². The quantitative estimate of drug-likeness (QED) is 0.556. The molecule has 0 saturated heterocycles. The Morgan fingerprint density at radius 2 is 2.08 bits per heavy atom. The Morgan fingerprint density at radius 1 is 1.27 bits per heavy atom. The summed E-state index contributed by atoms with van der Waals surface area (Å²) in [6.45, 7) is 3.93. The molecule has 4 rings (SSSR count). The van der Waals surface area contributed by atoms with E-state index in [1.54, 1.807) is 6.07 Å². The average molecular weight is 368 g/mol. The van der Waals surface area contributed by atoms with E-state index < -0.39 is 0 Å². The minimum absolute atomic E-state index is 0.224. The Labute approximate surface area is 152 Å². The molecule has 4 aromatic rings. The Hall–Kier alpha value is -3.07. The number of fused-ring (bicyclic) bond motifs is 1. The summed E-state index contributed by atoms with van der Waals surface area (Å²) in [5.41, 5.74) is 0.475. The van der Waals surface area contributed by atoms with Gasteiger partial charge in [-0.05, 0) is 19.4 Å². The van der Waals surface area contributed by atoms with Crippen LogP contribution in [0.15, 0.2) is 39.0 Å². The van der Waals surface area contributed by atoms with Crippen LogP contribution in [0.3, 0.4) is 0 Å². The fraction of sp³-hybridized carbons (Fsp3) is 0.235. The molecule has 0 saturated carbocycles. The van der Waals surface area contributed by atoms with Crippen molar-refractivity contribution in [3.05, 3.63) is 50.9 Å². The Morgan fingerprint density at radius 3 is 2.81 bits per heavy atom. The van der Waals surface area contributed by atoms with Crippen LogP contribution in [0.4, 0.5) is 5.82 Å². The third-order valence-corrected chi connectivity index (χ3v) is 4.78. The number of hydrogen-bond acceptors (Lipinski definition) is 8. The number of hydrogen-bond donors (Lipinski definition) is 2. The van der Waals surface area contributed by atoms with Gasteiger partial charge < -0.3 is 9.84 Å². The summed E-state index contributed by atoms with van der Waals surface area (Å²) in [6, 6.07) is 7.06. The van der Waals surface area contributed by atoms with Crippen molar-refractivity contribution in [1.29, 1.82) is 0 Å². The third kappa shape index (κ3) is 2.97. The first-order chi connectivity index (χ1) is 12.7. The number of aryl methyl sites for hydroxylation is 1. The van der Waals surface area contributed by atoms with Crippen LogP contribution in [-0.4, -0.2) is 25.3 Å². The fourth-order valence-corrected chi connectivity index (χ4v) is 3.27. The predicted octanol–water partition coefficient (Wildman–Crippen LogP) is 3.30. The number of anilines is 1. The maximum absolute atomic E-state index is 11.9. The van der Waals surface area contributed by atoms with Crippen molar-refractivity contribution in [3.8, 4) is 11.5 Å². The first kappa shape index (κ1) is 16.4. The molecule has 3 aromatic heterocycles. The van der Waals surface area contributed by atoms with Gasteiger partial charge in [0.05, 0.1) is 10.4 Å². The van der Waals surface area contributed by atoms with Crippen LogP contribution in [0.2, 0.25) is 0 Å². The maximum Gasteiger partial charge on any atom is 0.272 e. The van der Waals surface area contributed by atoms with Gasteiger partial charge in [-0.25, -0.2) is 10.1 Å². The molecule has 0 spiro atoms. The lowest BCUT2D eigenvalue weighted by atomic mass is 10.1. The summed E-state index contributed by atoms with van der Waals surface area (Å²) in [5.74, 6) is 1.48. The molecule has 0 radical (unpaired) electrons. The molecule has 1 unspecified atom stereocenters. The number of aromatic nitrogens is 5. The maximum atomic E-state index is 11.9. The summed E-state index contributed by atoms with van der Waals surface area (Å²) in [5, 5.41) is 18.1. The molecule has 2 N–H and O–H groups in total. The molecule has 9 heteroatoms. The van der Waals surface area contributed by atoms with Gasteiger partial charge in [0.2, 0.25) is 11.7 Å². The van der Waals surface area contributed by atoms with Gasteiger partial charge >= 0.3 is 0 Å². The third-order valence-electron chi connectivity index (χ3n) is 4.00. The molecule has 0 aliphatic carbocycles. The van der Waals surface area contributed by atoms with Gasteiger partial charge in [0, 0.05) is 10.8 Å². The topological polar surface area (TPSA) is 110 Å². The van der Waals surface area contributed by atoms with E-state index in [1.807, 2.05) is 37.4 Å². The van der Waals surface area contributed by atoms with Crippen LogP contribution < -0.4 is 10.9 Å². The molecule has 3 heterocycles. The highest BCUT2D eigenvalue weighted by Crippen LogP contribution is 2.26. The molecule has 0 bridgehead atoms. The summed E-state index contributed by atoms with van der Waals surface area (Å²) in [6.07, 6.45) is 0.701. The van der Waals surface area contributed by atoms with E-state index >= 15 is 0 Å². The van der Waals surface area contributed by atoms with E-state index in [9.17, 15) is 4.79 Å². The van der Waals surface area contributed by atoms with Crippen LogP contribution >= 0.6 is 11.3 Å². The Balaban J connectivity index is 1.66. The second-order valence-corrected chi connectivity index (χ2v) is 6.82. The Bertz CT molecular complexity index is 1120. The first-order valence-electron chi connectivity index (χ1n) is 8.15. The average Bonchev–Trinajstić information content (AvgIpc) is 3.31. The SMILES string of the molecule is CCC(Nc1n[nH]c(=O)c2ccccc12)c1nc(-c2csc(C)n2)no1. The largest absolute Gasteiger partial charge is 0.356 e. The number of aromatic amines is 1. The summed E-state index contributed by atoms with van der Waals surface area (Å²) < 4.78 is 5.43. The van der Waals surface area contributed by atoms with Crippen LogP contribution in [-0.2, 0) is 0 Å². The van der Waals surface area contributed by atoms with Crippen LogP contribution in [0.1, 0.15) is 30.3 Å².